The summed E-state index contributed by atoms with van der Waals surface area (Å²) in [6.07, 6.45) is 0. The van der Waals surface area contributed by atoms with Crippen molar-refractivity contribution >= 4 is 0 Å². The van der Waals surface area contributed by atoms with E-state index in [4.69, 9.17) is 5.73 Å². The highest BCUT2D eigenvalue weighted by molar-refractivity contribution is 4.91. The molecule has 2 nitrogen and oxygen atoms in total. The average molecular weight is 142 g/mol. The van der Waals surface area contributed by atoms with Crippen molar-refractivity contribution in [3.05, 3.63) is 12.2 Å². The quantitative estimate of drug-likeness (QED) is 0.576. The Balaban J connectivity index is 3.49. The van der Waals surface area contributed by atoms with E-state index >= 15 is 0 Å². The first-order chi connectivity index (χ1) is 4.70. The van der Waals surface area contributed by atoms with Gasteiger partial charge in [-0.2, -0.15) is 0 Å². The molecule has 0 unspecified atom stereocenters. The van der Waals surface area contributed by atoms with Gasteiger partial charge in [0.1, 0.15) is 0 Å². The van der Waals surface area contributed by atoms with E-state index in [9.17, 15) is 0 Å². The molecule has 0 aromatic carbocycles. The fourth-order valence-corrected chi connectivity index (χ4v) is 0.913. The van der Waals surface area contributed by atoms with Crippen molar-refractivity contribution in [2.45, 2.75) is 13.8 Å². The van der Waals surface area contributed by atoms with Crippen molar-refractivity contribution in [1.29, 1.82) is 0 Å². The molecule has 0 saturated carbocycles. The van der Waals surface area contributed by atoms with Crippen LogP contribution in [0.5, 0.6) is 0 Å². The fraction of sp³-hybridized carbons (Fsp3) is 0.750. The van der Waals surface area contributed by atoms with Gasteiger partial charge in [0.25, 0.3) is 0 Å². The minimum Gasteiger partial charge on any atom is -0.329 e. The normalized spacial score (nSPS) is 10.4. The van der Waals surface area contributed by atoms with Crippen LogP contribution in [0.2, 0.25) is 0 Å². The summed E-state index contributed by atoms with van der Waals surface area (Å²) in [4.78, 5) is 2.28. The lowest BCUT2D eigenvalue weighted by atomic mass is 10.3. The highest BCUT2D eigenvalue weighted by Crippen LogP contribution is 1.93. The van der Waals surface area contributed by atoms with Crippen molar-refractivity contribution < 1.29 is 0 Å². The topological polar surface area (TPSA) is 29.3 Å². The maximum Gasteiger partial charge on any atom is 0.0187 e. The summed E-state index contributed by atoms with van der Waals surface area (Å²) in [6, 6.07) is 0. The highest BCUT2D eigenvalue weighted by Gasteiger charge is 1.98. The molecule has 0 aliphatic heterocycles. The van der Waals surface area contributed by atoms with Gasteiger partial charge in [0, 0.05) is 19.6 Å². The molecule has 0 saturated heterocycles. The molecular weight excluding hydrogens is 124 g/mol. The maximum atomic E-state index is 5.41. The van der Waals surface area contributed by atoms with Crippen LogP contribution in [0.15, 0.2) is 12.2 Å². The molecule has 0 fully saturated rings. The van der Waals surface area contributed by atoms with Crippen LogP contribution >= 0.6 is 0 Å². The summed E-state index contributed by atoms with van der Waals surface area (Å²) >= 11 is 0. The van der Waals surface area contributed by atoms with Crippen LogP contribution in [0.4, 0.5) is 0 Å². The molecule has 0 aromatic rings. The standard InChI is InChI=1S/C8H18N2/c1-4-10(6-5-9)7-8(2)3/h2,4-7,9H2,1,3H3. The van der Waals surface area contributed by atoms with Gasteiger partial charge in [-0.05, 0) is 13.5 Å². The third-order valence-corrected chi connectivity index (χ3v) is 1.39. The lowest BCUT2D eigenvalue weighted by Crippen LogP contribution is -2.30. The Morgan fingerprint density at radius 2 is 2.20 bits per heavy atom. The second-order valence-corrected chi connectivity index (χ2v) is 2.61. The van der Waals surface area contributed by atoms with Gasteiger partial charge in [-0.1, -0.05) is 19.1 Å². The number of likely N-dealkylation sites (N-methyl/N-ethyl adjacent to an activating group) is 1. The molecule has 0 aromatic heterocycles. The SMILES string of the molecule is C=C(C)CN(CC)CCN. The van der Waals surface area contributed by atoms with E-state index in [0.717, 1.165) is 26.2 Å². The third-order valence-electron chi connectivity index (χ3n) is 1.39. The van der Waals surface area contributed by atoms with E-state index in [1.807, 2.05) is 6.92 Å². The molecule has 10 heavy (non-hydrogen) atoms. The Hall–Kier alpha value is -0.340. The van der Waals surface area contributed by atoms with Gasteiger partial charge in [0.05, 0.1) is 0 Å². The van der Waals surface area contributed by atoms with E-state index in [-0.39, 0.29) is 0 Å². The van der Waals surface area contributed by atoms with Gasteiger partial charge in [-0.3, -0.25) is 4.90 Å². The first kappa shape index (κ1) is 9.66. The lowest BCUT2D eigenvalue weighted by Gasteiger charge is -2.18. The average Bonchev–Trinajstić information content (AvgIpc) is 1.86. The van der Waals surface area contributed by atoms with Gasteiger partial charge in [0.2, 0.25) is 0 Å². The molecule has 2 heteroatoms. The van der Waals surface area contributed by atoms with E-state index in [2.05, 4.69) is 18.4 Å². The fourth-order valence-electron chi connectivity index (χ4n) is 0.913. The summed E-state index contributed by atoms with van der Waals surface area (Å²) in [5, 5.41) is 0. The van der Waals surface area contributed by atoms with Gasteiger partial charge in [-0.15, -0.1) is 0 Å². The van der Waals surface area contributed by atoms with Crippen LogP contribution in [0.1, 0.15) is 13.8 Å². The lowest BCUT2D eigenvalue weighted by molar-refractivity contribution is 0.321. The second kappa shape index (κ2) is 5.45. The Morgan fingerprint density at radius 3 is 2.50 bits per heavy atom. The summed E-state index contributed by atoms with van der Waals surface area (Å²) in [5.74, 6) is 0. The molecule has 0 aliphatic rings. The summed E-state index contributed by atoms with van der Waals surface area (Å²) in [6.45, 7) is 11.8. The van der Waals surface area contributed by atoms with Gasteiger partial charge in [-0.25, -0.2) is 0 Å². The smallest absolute Gasteiger partial charge is 0.0187 e. The van der Waals surface area contributed by atoms with Crippen molar-refractivity contribution in [2.24, 2.45) is 5.73 Å². The Bertz CT molecular complexity index is 99.4. The zero-order valence-corrected chi connectivity index (χ0v) is 7.06. The van der Waals surface area contributed by atoms with Crippen molar-refractivity contribution in [2.75, 3.05) is 26.2 Å². The van der Waals surface area contributed by atoms with E-state index < -0.39 is 0 Å². The second-order valence-electron chi connectivity index (χ2n) is 2.61. The van der Waals surface area contributed by atoms with Crippen LogP contribution in [0.3, 0.4) is 0 Å². The molecular formula is C8H18N2. The largest absolute Gasteiger partial charge is 0.329 e. The van der Waals surface area contributed by atoms with E-state index in [1.165, 1.54) is 5.57 Å². The van der Waals surface area contributed by atoms with E-state index in [0.29, 0.717) is 0 Å². The Morgan fingerprint density at radius 1 is 1.60 bits per heavy atom. The van der Waals surface area contributed by atoms with Gasteiger partial charge >= 0.3 is 0 Å². The Labute approximate surface area is 63.7 Å². The molecule has 0 aliphatic carbocycles. The highest BCUT2D eigenvalue weighted by atomic mass is 15.1. The molecule has 0 heterocycles. The minimum absolute atomic E-state index is 0.737. The molecule has 0 rings (SSSR count). The summed E-state index contributed by atoms with van der Waals surface area (Å²) < 4.78 is 0. The summed E-state index contributed by atoms with van der Waals surface area (Å²) in [5.41, 5.74) is 6.61. The van der Waals surface area contributed by atoms with Gasteiger partial charge < -0.3 is 5.73 Å². The van der Waals surface area contributed by atoms with Crippen molar-refractivity contribution in [1.82, 2.24) is 4.90 Å². The minimum atomic E-state index is 0.737. The molecule has 2 N–H and O–H groups in total. The monoisotopic (exact) mass is 142 g/mol. The number of hydrogen-bond acceptors (Lipinski definition) is 2. The molecule has 0 radical (unpaired) electrons. The first-order valence-corrected chi connectivity index (χ1v) is 3.77. The van der Waals surface area contributed by atoms with E-state index in [1.54, 1.807) is 0 Å². The Kier molecular flexibility index (Phi) is 5.26. The van der Waals surface area contributed by atoms with Crippen LogP contribution in [0.25, 0.3) is 0 Å². The van der Waals surface area contributed by atoms with Crippen LogP contribution < -0.4 is 5.73 Å². The number of nitrogens with zero attached hydrogens (tertiary/aromatic N) is 1. The first-order valence-electron chi connectivity index (χ1n) is 3.77. The third kappa shape index (κ3) is 4.53. The number of rotatable bonds is 5. The zero-order valence-electron chi connectivity index (χ0n) is 7.06. The number of nitrogens with two attached hydrogens (primary N) is 1. The predicted molar refractivity (Wildman–Crippen MR) is 46.0 cm³/mol. The van der Waals surface area contributed by atoms with Gasteiger partial charge in [0.15, 0.2) is 0 Å². The predicted octanol–water partition coefficient (Wildman–Crippen LogP) is 0.843. The van der Waals surface area contributed by atoms with Crippen LogP contribution in [-0.4, -0.2) is 31.1 Å². The number of hydrogen-bond donors (Lipinski definition) is 1. The van der Waals surface area contributed by atoms with Crippen molar-refractivity contribution in [3.63, 3.8) is 0 Å². The summed E-state index contributed by atoms with van der Waals surface area (Å²) in [7, 11) is 0. The molecule has 0 bridgehead atoms. The van der Waals surface area contributed by atoms with Crippen LogP contribution in [-0.2, 0) is 0 Å². The molecule has 60 valence electrons. The zero-order chi connectivity index (χ0) is 7.98. The maximum absolute atomic E-state index is 5.41. The molecule has 0 atom stereocenters. The van der Waals surface area contributed by atoms with Crippen molar-refractivity contribution in [3.8, 4) is 0 Å². The van der Waals surface area contributed by atoms with Crippen LogP contribution in [0, 0.1) is 0 Å². The molecule has 0 spiro atoms. The molecule has 0 amide bonds.